The van der Waals surface area contributed by atoms with Gasteiger partial charge >= 0.3 is 0 Å². The maximum atomic E-state index is 12.9. The average molecular weight is 341 g/mol. The van der Waals surface area contributed by atoms with Gasteiger partial charge < -0.3 is 10.5 Å². The first kappa shape index (κ1) is 18.8. The lowest BCUT2D eigenvalue weighted by Gasteiger charge is -2.17. The molecule has 1 fully saturated rings. The molecule has 1 aromatic rings. The molecule has 0 aromatic heterocycles. The topological polar surface area (TPSA) is 94.3 Å². The molecule has 5 nitrogen and oxygen atoms in total. The quantitative estimate of drug-likeness (QED) is 0.552. The molecule has 1 aromatic carbocycles. The van der Waals surface area contributed by atoms with Gasteiger partial charge in [-0.3, -0.25) is 14.4 Å². The van der Waals surface area contributed by atoms with Crippen LogP contribution in [0.4, 0.5) is 0 Å². The summed E-state index contributed by atoms with van der Waals surface area (Å²) in [5.74, 6) is -2.03. The fraction of sp³-hybridized carbons (Fsp3) is 0.400. The van der Waals surface area contributed by atoms with Crippen molar-refractivity contribution in [1.82, 2.24) is 0 Å². The van der Waals surface area contributed by atoms with Crippen molar-refractivity contribution in [1.29, 1.82) is 0 Å². The zero-order valence-electron chi connectivity index (χ0n) is 14.6. The molecule has 0 aliphatic heterocycles. The minimum absolute atomic E-state index is 0.0317. The van der Waals surface area contributed by atoms with E-state index in [1.54, 1.807) is 12.1 Å². The number of primary amides is 1. The molecule has 0 spiro atoms. The van der Waals surface area contributed by atoms with E-state index in [1.807, 2.05) is 6.07 Å². The molecule has 1 aliphatic carbocycles. The zero-order chi connectivity index (χ0) is 18.7. The second-order valence-electron chi connectivity index (χ2n) is 6.65. The number of amides is 1. The Morgan fingerprint density at radius 3 is 2.32 bits per heavy atom. The third kappa shape index (κ3) is 4.29. The highest BCUT2D eigenvalue weighted by Crippen LogP contribution is 2.42. The van der Waals surface area contributed by atoms with Crippen molar-refractivity contribution in [2.24, 2.45) is 11.7 Å². The zero-order valence-corrected chi connectivity index (χ0v) is 14.6. The Labute approximate surface area is 147 Å². The number of Topliss-reactive ketones (excluding diaryl/α,β-unsaturated/α-hetero) is 3. The van der Waals surface area contributed by atoms with Crippen LogP contribution >= 0.6 is 0 Å². The van der Waals surface area contributed by atoms with Gasteiger partial charge in [0, 0.05) is 23.1 Å². The van der Waals surface area contributed by atoms with Gasteiger partial charge in [0.2, 0.25) is 5.91 Å². The highest BCUT2D eigenvalue weighted by atomic mass is 16.2. The van der Waals surface area contributed by atoms with E-state index in [4.69, 9.17) is 5.73 Å². The first-order valence-corrected chi connectivity index (χ1v) is 8.40. The Morgan fingerprint density at radius 2 is 1.84 bits per heavy atom. The Kier molecular flexibility index (Phi) is 5.67. The van der Waals surface area contributed by atoms with Gasteiger partial charge in [-0.1, -0.05) is 24.8 Å². The molecule has 1 unspecified atom stereocenters. The van der Waals surface area contributed by atoms with E-state index in [0.29, 0.717) is 11.5 Å². The molecule has 2 N–H and O–H groups in total. The van der Waals surface area contributed by atoms with Gasteiger partial charge in [0.05, 0.1) is 5.92 Å². The predicted octanol–water partition coefficient (Wildman–Crippen LogP) is 2.98. The molecular formula is C20H23NO4. The van der Waals surface area contributed by atoms with Crippen LogP contribution in [0.1, 0.15) is 71.7 Å². The van der Waals surface area contributed by atoms with Crippen LogP contribution in [0.5, 0.6) is 0 Å². The predicted molar refractivity (Wildman–Crippen MR) is 94.5 cm³/mol. The highest BCUT2D eigenvalue weighted by molar-refractivity contribution is 6.17. The molecule has 25 heavy (non-hydrogen) atoms. The summed E-state index contributed by atoms with van der Waals surface area (Å²) in [6.07, 6.45) is 2.29. The molecule has 1 saturated carbocycles. The van der Waals surface area contributed by atoms with Crippen LogP contribution in [0.2, 0.25) is 0 Å². The molecular weight excluding hydrogens is 318 g/mol. The van der Waals surface area contributed by atoms with Crippen molar-refractivity contribution < 1.29 is 19.2 Å². The Morgan fingerprint density at radius 1 is 1.20 bits per heavy atom. The maximum Gasteiger partial charge on any atom is 0.225 e. The van der Waals surface area contributed by atoms with Crippen molar-refractivity contribution >= 4 is 23.3 Å². The van der Waals surface area contributed by atoms with Crippen LogP contribution < -0.4 is 5.73 Å². The van der Waals surface area contributed by atoms with Gasteiger partial charge in [0.1, 0.15) is 5.78 Å². The average Bonchev–Trinajstić information content (AvgIpc) is 3.37. The largest absolute Gasteiger partial charge is 0.369 e. The van der Waals surface area contributed by atoms with Crippen molar-refractivity contribution in [3.63, 3.8) is 0 Å². The van der Waals surface area contributed by atoms with Crippen LogP contribution in [-0.4, -0.2) is 23.3 Å². The SMILES string of the molecule is C=C(C(=O)c1cccc(C2CC2)c1C(C)=O)C(CCC(C)=O)C(N)=O. The van der Waals surface area contributed by atoms with Crippen molar-refractivity contribution in [2.75, 3.05) is 0 Å². The summed E-state index contributed by atoms with van der Waals surface area (Å²) in [6.45, 7) is 6.59. The van der Waals surface area contributed by atoms with E-state index < -0.39 is 17.6 Å². The Hall–Kier alpha value is -2.56. The van der Waals surface area contributed by atoms with Gasteiger partial charge in [-0.25, -0.2) is 0 Å². The van der Waals surface area contributed by atoms with Crippen LogP contribution in [0.15, 0.2) is 30.4 Å². The molecule has 1 amide bonds. The summed E-state index contributed by atoms with van der Waals surface area (Å²) < 4.78 is 0. The van der Waals surface area contributed by atoms with Gasteiger partial charge in [0.25, 0.3) is 0 Å². The standard InChI is InChI=1S/C20H23NO4/c1-11(22)7-10-15(20(21)25)12(2)19(24)17-6-4-5-16(14-8-9-14)18(17)13(3)23/h4-6,14-15H,2,7-10H2,1,3H3,(H2,21,25). The van der Waals surface area contributed by atoms with Crippen molar-refractivity contribution in [3.05, 3.63) is 47.0 Å². The summed E-state index contributed by atoms with van der Waals surface area (Å²) in [6, 6.07) is 5.20. The number of hydrogen-bond acceptors (Lipinski definition) is 4. The van der Waals surface area contributed by atoms with E-state index in [0.717, 1.165) is 18.4 Å². The first-order chi connectivity index (χ1) is 11.7. The van der Waals surface area contributed by atoms with E-state index in [9.17, 15) is 19.2 Å². The maximum absolute atomic E-state index is 12.9. The number of ketones is 3. The van der Waals surface area contributed by atoms with Crippen molar-refractivity contribution in [2.45, 2.75) is 45.4 Å². The van der Waals surface area contributed by atoms with Crippen LogP contribution in [-0.2, 0) is 9.59 Å². The van der Waals surface area contributed by atoms with Crippen LogP contribution in [0.25, 0.3) is 0 Å². The van der Waals surface area contributed by atoms with Gasteiger partial charge in [-0.15, -0.1) is 0 Å². The Bertz CT molecular complexity index is 759. The summed E-state index contributed by atoms with van der Waals surface area (Å²) >= 11 is 0. The molecule has 1 atom stereocenters. The molecule has 0 heterocycles. The minimum Gasteiger partial charge on any atom is -0.369 e. The summed E-state index contributed by atoms with van der Waals surface area (Å²) in [5.41, 5.74) is 6.98. The number of rotatable bonds is 9. The first-order valence-electron chi connectivity index (χ1n) is 8.40. The van der Waals surface area contributed by atoms with E-state index in [1.165, 1.54) is 13.8 Å². The number of benzene rings is 1. The normalized spacial score (nSPS) is 14.6. The molecule has 2 rings (SSSR count). The summed E-state index contributed by atoms with van der Waals surface area (Å²) in [5, 5.41) is 0. The van der Waals surface area contributed by atoms with E-state index >= 15 is 0 Å². The lowest BCUT2D eigenvalue weighted by atomic mass is 9.85. The second kappa shape index (κ2) is 7.55. The fourth-order valence-electron chi connectivity index (χ4n) is 3.05. The van der Waals surface area contributed by atoms with Gasteiger partial charge in [-0.2, -0.15) is 0 Å². The molecule has 0 radical (unpaired) electrons. The Balaban J connectivity index is 2.37. The summed E-state index contributed by atoms with van der Waals surface area (Å²) in [4.78, 5) is 48.0. The monoisotopic (exact) mass is 341 g/mol. The summed E-state index contributed by atoms with van der Waals surface area (Å²) in [7, 11) is 0. The smallest absolute Gasteiger partial charge is 0.225 e. The van der Waals surface area contributed by atoms with Crippen LogP contribution in [0, 0.1) is 5.92 Å². The second-order valence-corrected chi connectivity index (χ2v) is 6.65. The van der Waals surface area contributed by atoms with Crippen molar-refractivity contribution in [3.8, 4) is 0 Å². The lowest BCUT2D eigenvalue weighted by Crippen LogP contribution is -2.29. The lowest BCUT2D eigenvalue weighted by molar-refractivity contribution is -0.121. The van der Waals surface area contributed by atoms with Crippen LogP contribution in [0.3, 0.4) is 0 Å². The fourth-order valence-corrected chi connectivity index (χ4v) is 3.05. The molecule has 5 heteroatoms. The third-order valence-electron chi connectivity index (χ3n) is 4.55. The minimum atomic E-state index is -0.916. The number of nitrogens with two attached hydrogens (primary N) is 1. The van der Waals surface area contributed by atoms with Gasteiger partial charge in [0.15, 0.2) is 11.6 Å². The van der Waals surface area contributed by atoms with Gasteiger partial charge in [-0.05, 0) is 44.6 Å². The molecule has 0 bridgehead atoms. The molecule has 0 saturated heterocycles. The highest BCUT2D eigenvalue weighted by Gasteiger charge is 2.32. The molecule has 1 aliphatic rings. The molecule has 132 valence electrons. The van der Waals surface area contributed by atoms with E-state index in [-0.39, 0.29) is 35.5 Å². The number of carbonyl (C=O) groups excluding carboxylic acids is 4. The third-order valence-corrected chi connectivity index (χ3v) is 4.55. The number of carbonyl (C=O) groups is 4. The van der Waals surface area contributed by atoms with E-state index in [2.05, 4.69) is 6.58 Å². The number of hydrogen-bond donors (Lipinski definition) is 1.